The summed E-state index contributed by atoms with van der Waals surface area (Å²) in [4.78, 5) is 16.6. The maximum Gasteiger partial charge on any atom is 0.330 e. The normalized spacial score (nSPS) is 28.6. The summed E-state index contributed by atoms with van der Waals surface area (Å²) in [6.45, 7) is 8.19. The highest BCUT2D eigenvalue weighted by atomic mass is 16.7. The van der Waals surface area contributed by atoms with E-state index in [1.165, 1.54) is 24.6 Å². The van der Waals surface area contributed by atoms with Gasteiger partial charge in [0.15, 0.2) is 5.79 Å². The van der Waals surface area contributed by atoms with Crippen molar-refractivity contribution in [1.29, 1.82) is 0 Å². The smallest absolute Gasteiger partial charge is 0.330 e. The minimum absolute atomic E-state index is 0.0198. The topological polar surface area (TPSA) is 62.6 Å². The second kappa shape index (κ2) is 7.85. The number of esters is 1. The maximum atomic E-state index is 11.5. The van der Waals surface area contributed by atoms with Crippen LogP contribution in [0.15, 0.2) is 30.3 Å². The SMILES string of the molecule is COC(=O)/C=C/c1cccc(-n2c(C)nc3c2CC[C@H]2[C@H](C)C4(CC[C@]32C)OCCO4)c1. The first-order valence-electron chi connectivity index (χ1n) is 11.6. The van der Waals surface area contributed by atoms with Gasteiger partial charge in [-0.05, 0) is 55.9 Å². The van der Waals surface area contributed by atoms with Crippen LogP contribution >= 0.6 is 0 Å². The van der Waals surface area contributed by atoms with E-state index in [-0.39, 0.29) is 11.4 Å². The van der Waals surface area contributed by atoms with Crippen LogP contribution in [0.4, 0.5) is 0 Å². The number of fused-ring (bicyclic) bond motifs is 3. The number of carbonyl (C=O) groups excluding carboxylic acids is 1. The first-order valence-corrected chi connectivity index (χ1v) is 11.6. The van der Waals surface area contributed by atoms with Gasteiger partial charge >= 0.3 is 5.97 Å². The molecule has 0 radical (unpaired) electrons. The predicted octanol–water partition coefficient (Wildman–Crippen LogP) is 4.36. The number of aryl methyl sites for hydroxylation is 1. The van der Waals surface area contributed by atoms with Crippen molar-refractivity contribution in [3.63, 3.8) is 0 Å². The Morgan fingerprint density at radius 2 is 2.06 bits per heavy atom. The molecule has 170 valence electrons. The second-order valence-electron chi connectivity index (χ2n) is 9.60. The molecule has 2 aliphatic carbocycles. The molecule has 5 rings (SSSR count). The molecule has 2 aromatic rings. The van der Waals surface area contributed by atoms with Gasteiger partial charge in [0.1, 0.15) is 5.82 Å². The molecular weight excluding hydrogens is 404 g/mol. The molecule has 3 atom stereocenters. The van der Waals surface area contributed by atoms with Gasteiger partial charge in [-0.25, -0.2) is 9.78 Å². The summed E-state index contributed by atoms with van der Waals surface area (Å²) in [5, 5.41) is 0. The monoisotopic (exact) mass is 436 g/mol. The molecule has 2 heterocycles. The van der Waals surface area contributed by atoms with Gasteiger partial charge in [0.2, 0.25) is 0 Å². The molecule has 0 amide bonds. The molecule has 1 aromatic heterocycles. The maximum absolute atomic E-state index is 11.5. The van der Waals surface area contributed by atoms with Crippen molar-refractivity contribution in [2.75, 3.05) is 20.3 Å². The minimum atomic E-state index is -0.403. The van der Waals surface area contributed by atoms with Gasteiger partial charge in [-0.1, -0.05) is 26.0 Å². The lowest BCUT2D eigenvalue weighted by molar-refractivity contribution is -0.234. The number of hydrogen-bond donors (Lipinski definition) is 0. The van der Waals surface area contributed by atoms with E-state index in [0.717, 1.165) is 42.8 Å². The fraction of sp³-hybridized carbons (Fsp3) is 0.538. The third-order valence-electron chi connectivity index (χ3n) is 8.00. The zero-order chi connectivity index (χ0) is 22.5. The highest BCUT2D eigenvalue weighted by Crippen LogP contribution is 2.56. The van der Waals surface area contributed by atoms with Gasteiger partial charge in [0.05, 0.1) is 26.0 Å². The molecule has 1 aliphatic heterocycles. The van der Waals surface area contributed by atoms with Crippen LogP contribution in [0.5, 0.6) is 0 Å². The van der Waals surface area contributed by atoms with E-state index in [9.17, 15) is 4.79 Å². The van der Waals surface area contributed by atoms with E-state index in [1.54, 1.807) is 6.08 Å². The third kappa shape index (κ3) is 3.23. The fourth-order valence-corrected chi connectivity index (χ4v) is 6.35. The zero-order valence-electron chi connectivity index (χ0n) is 19.4. The van der Waals surface area contributed by atoms with Gasteiger partial charge < -0.3 is 18.8 Å². The van der Waals surface area contributed by atoms with Crippen LogP contribution in [0.2, 0.25) is 0 Å². The molecular formula is C26H32N2O4. The molecule has 1 saturated carbocycles. The van der Waals surface area contributed by atoms with E-state index in [0.29, 0.717) is 25.0 Å². The Bertz CT molecular complexity index is 1070. The highest BCUT2D eigenvalue weighted by Gasteiger charge is 2.58. The summed E-state index contributed by atoms with van der Waals surface area (Å²) in [6, 6.07) is 8.22. The number of ether oxygens (including phenoxy) is 3. The van der Waals surface area contributed by atoms with Gasteiger partial charge in [0, 0.05) is 35.2 Å². The van der Waals surface area contributed by atoms with Gasteiger partial charge in [-0.3, -0.25) is 0 Å². The van der Waals surface area contributed by atoms with Crippen molar-refractivity contribution in [3.05, 3.63) is 53.1 Å². The van der Waals surface area contributed by atoms with Crippen molar-refractivity contribution in [1.82, 2.24) is 9.55 Å². The van der Waals surface area contributed by atoms with E-state index in [4.69, 9.17) is 19.2 Å². The van der Waals surface area contributed by atoms with E-state index >= 15 is 0 Å². The Morgan fingerprint density at radius 1 is 1.28 bits per heavy atom. The average Bonchev–Trinajstić information content (AvgIpc) is 3.41. The molecule has 3 aliphatic rings. The lowest BCUT2D eigenvalue weighted by atomic mass is 9.55. The molecule has 1 aromatic carbocycles. The molecule has 6 nitrogen and oxygen atoms in total. The van der Waals surface area contributed by atoms with Crippen molar-refractivity contribution < 1.29 is 19.0 Å². The largest absolute Gasteiger partial charge is 0.466 e. The number of nitrogens with zero attached hydrogens (tertiary/aromatic N) is 2. The van der Waals surface area contributed by atoms with Crippen LogP contribution < -0.4 is 0 Å². The van der Waals surface area contributed by atoms with E-state index in [2.05, 4.69) is 37.5 Å². The second-order valence-corrected chi connectivity index (χ2v) is 9.60. The highest BCUT2D eigenvalue weighted by molar-refractivity contribution is 5.87. The third-order valence-corrected chi connectivity index (χ3v) is 8.00. The van der Waals surface area contributed by atoms with Crippen molar-refractivity contribution in [3.8, 4) is 5.69 Å². The Hall–Kier alpha value is -2.44. The fourth-order valence-electron chi connectivity index (χ4n) is 6.35. The van der Waals surface area contributed by atoms with Crippen LogP contribution in [0.3, 0.4) is 0 Å². The molecule has 0 bridgehead atoms. The van der Waals surface area contributed by atoms with Crippen molar-refractivity contribution in [2.45, 2.75) is 57.7 Å². The van der Waals surface area contributed by atoms with Crippen molar-refractivity contribution in [2.24, 2.45) is 11.8 Å². The Labute approximate surface area is 189 Å². The van der Waals surface area contributed by atoms with Gasteiger partial charge in [0.25, 0.3) is 0 Å². The quantitative estimate of drug-likeness (QED) is 0.528. The molecule has 32 heavy (non-hydrogen) atoms. The average molecular weight is 437 g/mol. The Balaban J connectivity index is 1.51. The van der Waals surface area contributed by atoms with Crippen LogP contribution in [0.25, 0.3) is 11.8 Å². The number of methoxy groups -OCH3 is 1. The Morgan fingerprint density at radius 3 is 2.81 bits per heavy atom. The summed E-state index contributed by atoms with van der Waals surface area (Å²) in [5.74, 6) is 1.07. The van der Waals surface area contributed by atoms with Crippen LogP contribution in [0, 0.1) is 18.8 Å². The van der Waals surface area contributed by atoms with Crippen LogP contribution in [-0.4, -0.2) is 41.6 Å². The summed E-state index contributed by atoms with van der Waals surface area (Å²) < 4.78 is 19.3. The number of rotatable bonds is 3. The van der Waals surface area contributed by atoms with Gasteiger partial charge in [-0.2, -0.15) is 0 Å². The molecule has 2 fully saturated rings. The van der Waals surface area contributed by atoms with Crippen LogP contribution in [0.1, 0.15) is 55.9 Å². The summed E-state index contributed by atoms with van der Waals surface area (Å²) in [7, 11) is 1.39. The summed E-state index contributed by atoms with van der Waals surface area (Å²) in [5.41, 5.74) is 4.60. The zero-order valence-corrected chi connectivity index (χ0v) is 19.4. The Kier molecular flexibility index (Phi) is 5.25. The standard InChI is InChI=1S/C26H32N2O4/c1-17-21-9-10-22-24(25(21,3)12-13-26(17)31-14-15-32-26)27-18(2)28(22)20-7-5-6-19(16-20)8-11-23(29)30-4/h5-8,11,16-17,21H,9-10,12-15H2,1-4H3/b11-8+/t17-,21-,25-/m0/s1. The number of benzene rings is 1. The molecule has 6 heteroatoms. The molecule has 0 N–H and O–H groups in total. The first-order chi connectivity index (χ1) is 15.4. The lowest BCUT2D eigenvalue weighted by Gasteiger charge is -2.53. The summed E-state index contributed by atoms with van der Waals surface area (Å²) in [6.07, 6.45) is 7.27. The first kappa shape index (κ1) is 21.4. The molecule has 0 unspecified atom stereocenters. The van der Waals surface area contributed by atoms with E-state index < -0.39 is 5.79 Å². The number of aromatic nitrogens is 2. The lowest BCUT2D eigenvalue weighted by Crippen LogP contribution is -2.55. The number of carbonyl (C=O) groups is 1. The number of imidazole rings is 1. The molecule has 1 spiro atoms. The van der Waals surface area contributed by atoms with Gasteiger partial charge in [-0.15, -0.1) is 0 Å². The minimum Gasteiger partial charge on any atom is -0.466 e. The van der Waals surface area contributed by atoms with E-state index in [1.807, 2.05) is 12.1 Å². The van der Waals surface area contributed by atoms with Crippen LogP contribution in [-0.2, 0) is 30.8 Å². The molecule has 1 saturated heterocycles. The summed E-state index contributed by atoms with van der Waals surface area (Å²) >= 11 is 0. The number of hydrogen-bond acceptors (Lipinski definition) is 5. The predicted molar refractivity (Wildman–Crippen MR) is 122 cm³/mol. The van der Waals surface area contributed by atoms with Crippen molar-refractivity contribution >= 4 is 12.0 Å².